The molecule has 0 heterocycles. The van der Waals surface area contributed by atoms with Crippen LogP contribution in [0.5, 0.6) is 23.0 Å². The summed E-state index contributed by atoms with van der Waals surface area (Å²) in [5.41, 5.74) is 1.02. The molecule has 0 aromatic heterocycles. The molecule has 5 nitrogen and oxygen atoms in total. The maximum absolute atomic E-state index is 11.5. The van der Waals surface area contributed by atoms with Crippen LogP contribution >= 0.6 is 0 Å². The molecule has 0 amide bonds. The third kappa shape index (κ3) is 6.86. The monoisotopic (exact) mass is 434 g/mol. The number of hydrogen-bond acceptors (Lipinski definition) is 5. The SMILES string of the molecule is CO[C@@H](Cc1ccc(O[C@H](C)[C@@H](C)Oc2ccc(Oc3ccccc3)cc2)cc1)C(C)=O. The van der Waals surface area contributed by atoms with E-state index in [-0.39, 0.29) is 18.0 Å². The number of hydrogen-bond donors (Lipinski definition) is 0. The Hall–Kier alpha value is -3.31. The Labute approximate surface area is 189 Å². The van der Waals surface area contributed by atoms with Crippen molar-refractivity contribution in [2.24, 2.45) is 0 Å². The molecule has 3 aromatic rings. The summed E-state index contributed by atoms with van der Waals surface area (Å²) >= 11 is 0. The maximum Gasteiger partial charge on any atom is 0.158 e. The molecule has 5 heteroatoms. The number of benzene rings is 3. The lowest BCUT2D eigenvalue weighted by atomic mass is 10.1. The van der Waals surface area contributed by atoms with Crippen molar-refractivity contribution in [2.45, 2.75) is 45.5 Å². The Bertz CT molecular complexity index is 967. The van der Waals surface area contributed by atoms with Gasteiger partial charge in [-0.05, 0) is 74.9 Å². The Balaban J connectivity index is 1.51. The number of carbonyl (C=O) groups excluding carboxylic acids is 1. The fourth-order valence-corrected chi connectivity index (χ4v) is 3.14. The number of Topliss-reactive ketones (excluding diaryl/α,β-unsaturated/α-hetero) is 1. The Morgan fingerprint density at radius 2 is 1.19 bits per heavy atom. The zero-order valence-corrected chi connectivity index (χ0v) is 19.0. The average molecular weight is 435 g/mol. The van der Waals surface area contributed by atoms with E-state index in [0.717, 1.165) is 28.6 Å². The van der Waals surface area contributed by atoms with E-state index in [2.05, 4.69) is 0 Å². The molecule has 0 bridgehead atoms. The zero-order chi connectivity index (χ0) is 22.9. The lowest BCUT2D eigenvalue weighted by Gasteiger charge is -2.23. The molecular formula is C27H30O5. The standard InChI is InChI=1S/C27H30O5/c1-19(28)27(29-4)18-22-10-12-24(13-11-22)30-20(2)21(3)31-25-14-16-26(17-15-25)32-23-8-6-5-7-9-23/h5-17,20-21,27H,18H2,1-4H3/t20-,21-,27+/m1/s1. The first-order valence-corrected chi connectivity index (χ1v) is 10.7. The smallest absolute Gasteiger partial charge is 0.158 e. The van der Waals surface area contributed by atoms with Crippen LogP contribution in [0.25, 0.3) is 0 Å². The van der Waals surface area contributed by atoms with E-state index in [4.69, 9.17) is 18.9 Å². The summed E-state index contributed by atoms with van der Waals surface area (Å²) in [7, 11) is 1.55. The first-order valence-electron chi connectivity index (χ1n) is 10.7. The summed E-state index contributed by atoms with van der Waals surface area (Å²) in [5, 5.41) is 0. The van der Waals surface area contributed by atoms with E-state index in [9.17, 15) is 4.79 Å². The van der Waals surface area contributed by atoms with Gasteiger partial charge in [-0.25, -0.2) is 0 Å². The fourth-order valence-electron chi connectivity index (χ4n) is 3.14. The summed E-state index contributed by atoms with van der Waals surface area (Å²) in [6, 6.07) is 24.9. The van der Waals surface area contributed by atoms with Crippen molar-refractivity contribution >= 4 is 5.78 Å². The van der Waals surface area contributed by atoms with Gasteiger partial charge in [0.05, 0.1) is 0 Å². The van der Waals surface area contributed by atoms with Crippen molar-refractivity contribution < 1.29 is 23.7 Å². The second kappa shape index (κ2) is 11.3. The molecule has 3 aromatic carbocycles. The van der Waals surface area contributed by atoms with E-state index in [1.165, 1.54) is 0 Å². The van der Waals surface area contributed by atoms with Gasteiger partial charge in [-0.3, -0.25) is 4.79 Å². The van der Waals surface area contributed by atoms with Gasteiger partial charge in [0.1, 0.15) is 41.3 Å². The molecule has 0 spiro atoms. The van der Waals surface area contributed by atoms with Gasteiger partial charge in [-0.2, -0.15) is 0 Å². The molecule has 0 saturated heterocycles. The minimum atomic E-state index is -0.418. The van der Waals surface area contributed by atoms with Gasteiger partial charge in [-0.15, -0.1) is 0 Å². The Morgan fingerprint density at radius 3 is 1.69 bits per heavy atom. The van der Waals surface area contributed by atoms with Gasteiger partial charge >= 0.3 is 0 Å². The fraction of sp³-hybridized carbons (Fsp3) is 0.296. The van der Waals surface area contributed by atoms with Gasteiger partial charge in [0.2, 0.25) is 0 Å². The highest BCUT2D eigenvalue weighted by Crippen LogP contribution is 2.25. The summed E-state index contributed by atoms with van der Waals surface area (Å²) in [5.74, 6) is 3.06. The van der Waals surface area contributed by atoms with Crippen LogP contribution in [0.1, 0.15) is 26.3 Å². The van der Waals surface area contributed by atoms with Gasteiger partial charge in [0.15, 0.2) is 5.78 Å². The normalized spacial score (nSPS) is 13.6. The second-order valence-corrected chi connectivity index (χ2v) is 7.72. The zero-order valence-electron chi connectivity index (χ0n) is 19.0. The Kier molecular flexibility index (Phi) is 8.28. The van der Waals surface area contributed by atoms with Gasteiger partial charge < -0.3 is 18.9 Å². The minimum Gasteiger partial charge on any atom is -0.487 e. The molecule has 0 N–H and O–H groups in total. The molecule has 0 saturated carbocycles. The molecule has 0 aliphatic heterocycles. The number of ether oxygens (including phenoxy) is 4. The van der Waals surface area contributed by atoms with Gasteiger partial charge in [0.25, 0.3) is 0 Å². The van der Waals surface area contributed by atoms with E-state index in [1.54, 1.807) is 14.0 Å². The molecule has 3 rings (SSSR count). The summed E-state index contributed by atoms with van der Waals surface area (Å²) in [6.45, 7) is 5.49. The van der Waals surface area contributed by atoms with E-state index in [0.29, 0.717) is 6.42 Å². The summed E-state index contributed by atoms with van der Waals surface area (Å²) in [4.78, 5) is 11.5. The third-order valence-electron chi connectivity index (χ3n) is 5.19. The topological polar surface area (TPSA) is 54.0 Å². The highest BCUT2D eigenvalue weighted by atomic mass is 16.5. The maximum atomic E-state index is 11.5. The molecule has 0 aliphatic rings. The van der Waals surface area contributed by atoms with Gasteiger partial charge in [-0.1, -0.05) is 30.3 Å². The van der Waals surface area contributed by atoms with E-state index in [1.807, 2.05) is 92.7 Å². The van der Waals surface area contributed by atoms with Crippen LogP contribution in [0.4, 0.5) is 0 Å². The molecule has 32 heavy (non-hydrogen) atoms. The van der Waals surface area contributed by atoms with Crippen molar-refractivity contribution in [1.29, 1.82) is 0 Å². The first kappa shape index (κ1) is 23.4. The highest BCUT2D eigenvalue weighted by Gasteiger charge is 2.17. The van der Waals surface area contributed by atoms with Crippen LogP contribution < -0.4 is 14.2 Å². The predicted octanol–water partition coefficient (Wildman–Crippen LogP) is 5.86. The average Bonchev–Trinajstić information content (AvgIpc) is 2.80. The molecular weight excluding hydrogens is 404 g/mol. The van der Waals surface area contributed by atoms with Crippen LogP contribution in [0.3, 0.4) is 0 Å². The van der Waals surface area contributed by atoms with Crippen molar-refractivity contribution in [3.8, 4) is 23.0 Å². The second-order valence-electron chi connectivity index (χ2n) is 7.72. The van der Waals surface area contributed by atoms with Crippen molar-refractivity contribution in [3.63, 3.8) is 0 Å². The van der Waals surface area contributed by atoms with E-state index >= 15 is 0 Å². The van der Waals surface area contributed by atoms with Crippen molar-refractivity contribution in [3.05, 3.63) is 84.4 Å². The lowest BCUT2D eigenvalue weighted by Crippen LogP contribution is -2.31. The molecule has 0 radical (unpaired) electrons. The minimum absolute atomic E-state index is 0.0204. The van der Waals surface area contributed by atoms with Crippen molar-refractivity contribution in [1.82, 2.24) is 0 Å². The molecule has 0 unspecified atom stereocenters. The number of rotatable bonds is 11. The molecule has 3 atom stereocenters. The number of ketones is 1. The van der Waals surface area contributed by atoms with Crippen LogP contribution in [-0.2, 0) is 16.0 Å². The summed E-state index contributed by atoms with van der Waals surface area (Å²) < 4.78 is 23.1. The van der Waals surface area contributed by atoms with E-state index < -0.39 is 6.10 Å². The lowest BCUT2D eigenvalue weighted by molar-refractivity contribution is -0.126. The van der Waals surface area contributed by atoms with Gasteiger partial charge in [0, 0.05) is 13.5 Å². The quantitative estimate of drug-likeness (QED) is 0.378. The number of carbonyl (C=O) groups is 1. The molecule has 168 valence electrons. The third-order valence-corrected chi connectivity index (χ3v) is 5.19. The Morgan fingerprint density at radius 1 is 0.719 bits per heavy atom. The predicted molar refractivity (Wildman–Crippen MR) is 125 cm³/mol. The molecule has 0 fully saturated rings. The molecule has 0 aliphatic carbocycles. The summed E-state index contributed by atoms with van der Waals surface area (Å²) in [6.07, 6.45) is -0.194. The van der Waals surface area contributed by atoms with Crippen LogP contribution in [-0.4, -0.2) is 31.2 Å². The largest absolute Gasteiger partial charge is 0.487 e. The first-order chi connectivity index (χ1) is 15.4. The van der Waals surface area contributed by atoms with Crippen LogP contribution in [0.15, 0.2) is 78.9 Å². The number of methoxy groups -OCH3 is 1. The van der Waals surface area contributed by atoms with Crippen LogP contribution in [0.2, 0.25) is 0 Å². The highest BCUT2D eigenvalue weighted by molar-refractivity contribution is 5.80. The number of para-hydroxylation sites is 1. The van der Waals surface area contributed by atoms with Crippen LogP contribution in [0, 0.1) is 0 Å². The van der Waals surface area contributed by atoms with Crippen molar-refractivity contribution in [2.75, 3.05) is 7.11 Å².